The summed E-state index contributed by atoms with van der Waals surface area (Å²) in [6.07, 6.45) is 2.91. The third-order valence-corrected chi connectivity index (χ3v) is 3.22. The number of carbonyl (C=O) groups is 1. The van der Waals surface area contributed by atoms with Crippen molar-refractivity contribution in [1.29, 1.82) is 0 Å². The minimum absolute atomic E-state index is 0.0168. The van der Waals surface area contributed by atoms with E-state index in [1.165, 1.54) is 25.2 Å². The average Bonchev–Trinajstić information content (AvgIpc) is 2.42. The van der Waals surface area contributed by atoms with Gasteiger partial charge in [-0.3, -0.25) is 14.9 Å². The first-order chi connectivity index (χ1) is 9.10. The molecule has 1 aromatic carbocycles. The van der Waals surface area contributed by atoms with Crippen LogP contribution >= 0.6 is 11.8 Å². The summed E-state index contributed by atoms with van der Waals surface area (Å²) in [5, 5.41) is 16.4. The van der Waals surface area contributed by atoms with Crippen molar-refractivity contribution in [2.45, 2.75) is 6.42 Å². The Morgan fingerprint density at radius 3 is 2.79 bits per heavy atom. The van der Waals surface area contributed by atoms with E-state index in [4.69, 9.17) is 0 Å². The van der Waals surface area contributed by atoms with Crippen molar-refractivity contribution >= 4 is 29.0 Å². The first-order valence-corrected chi connectivity index (χ1v) is 7.23. The van der Waals surface area contributed by atoms with Crippen LogP contribution in [0.15, 0.2) is 18.2 Å². The van der Waals surface area contributed by atoms with Crippen LogP contribution in [0, 0.1) is 10.1 Å². The minimum Gasteiger partial charge on any atom is -0.379 e. The van der Waals surface area contributed by atoms with Crippen molar-refractivity contribution in [2.24, 2.45) is 0 Å². The monoisotopic (exact) mass is 283 g/mol. The molecule has 0 radical (unpaired) electrons. The second-order valence-electron chi connectivity index (χ2n) is 3.84. The Labute approximate surface area is 116 Å². The fourth-order valence-electron chi connectivity index (χ4n) is 1.56. The van der Waals surface area contributed by atoms with Gasteiger partial charge in [0.2, 0.25) is 0 Å². The molecule has 0 aromatic heterocycles. The molecule has 0 saturated carbocycles. The quantitative estimate of drug-likeness (QED) is 0.455. The van der Waals surface area contributed by atoms with Crippen LogP contribution < -0.4 is 10.6 Å². The van der Waals surface area contributed by atoms with Gasteiger partial charge in [-0.25, -0.2) is 0 Å². The highest BCUT2D eigenvalue weighted by molar-refractivity contribution is 7.98. The average molecular weight is 283 g/mol. The first kappa shape index (κ1) is 15.3. The molecular weight excluding hydrogens is 266 g/mol. The van der Waals surface area contributed by atoms with E-state index in [1.807, 2.05) is 6.26 Å². The number of benzene rings is 1. The molecule has 0 unspecified atom stereocenters. The molecule has 6 nitrogen and oxygen atoms in total. The second-order valence-corrected chi connectivity index (χ2v) is 4.83. The van der Waals surface area contributed by atoms with Gasteiger partial charge in [0, 0.05) is 25.2 Å². The van der Waals surface area contributed by atoms with Gasteiger partial charge in [0.05, 0.1) is 4.92 Å². The van der Waals surface area contributed by atoms with Crippen LogP contribution in [-0.4, -0.2) is 36.4 Å². The largest absolute Gasteiger partial charge is 0.379 e. The lowest BCUT2D eigenvalue weighted by molar-refractivity contribution is -0.384. The van der Waals surface area contributed by atoms with Crippen molar-refractivity contribution in [3.63, 3.8) is 0 Å². The van der Waals surface area contributed by atoms with E-state index in [9.17, 15) is 14.9 Å². The number of anilines is 1. The SMILES string of the molecule is CNC(=O)c1ccc([N+](=O)[O-])c(NCCCSC)c1. The molecule has 0 spiro atoms. The fraction of sp³-hybridized carbons (Fsp3) is 0.417. The lowest BCUT2D eigenvalue weighted by atomic mass is 10.1. The molecule has 104 valence electrons. The van der Waals surface area contributed by atoms with E-state index in [1.54, 1.807) is 11.8 Å². The summed E-state index contributed by atoms with van der Waals surface area (Å²) in [5.74, 6) is 0.720. The molecule has 7 heteroatoms. The highest BCUT2D eigenvalue weighted by Crippen LogP contribution is 2.25. The molecule has 0 aliphatic carbocycles. The summed E-state index contributed by atoms with van der Waals surface area (Å²) in [5.41, 5.74) is 0.768. The lowest BCUT2D eigenvalue weighted by Gasteiger charge is -2.08. The Kier molecular flexibility index (Phi) is 6.14. The number of rotatable bonds is 7. The number of nitrogens with one attached hydrogen (secondary N) is 2. The number of nitrogens with zero attached hydrogens (tertiary/aromatic N) is 1. The van der Waals surface area contributed by atoms with Crippen LogP contribution in [0.4, 0.5) is 11.4 Å². The number of nitro benzene ring substituents is 1. The Bertz CT molecular complexity index is 466. The smallest absolute Gasteiger partial charge is 0.292 e. The second kappa shape index (κ2) is 7.63. The van der Waals surface area contributed by atoms with Crippen LogP contribution in [-0.2, 0) is 0 Å². The minimum atomic E-state index is -0.454. The summed E-state index contributed by atoms with van der Waals surface area (Å²) in [6, 6.07) is 4.31. The number of nitro groups is 1. The van der Waals surface area contributed by atoms with Crippen molar-refractivity contribution in [1.82, 2.24) is 5.32 Å². The zero-order valence-corrected chi connectivity index (χ0v) is 11.8. The lowest BCUT2D eigenvalue weighted by Crippen LogP contribution is -2.18. The molecule has 0 aliphatic rings. The zero-order chi connectivity index (χ0) is 14.3. The van der Waals surface area contributed by atoms with Crippen LogP contribution in [0.3, 0.4) is 0 Å². The number of amides is 1. The van der Waals surface area contributed by atoms with E-state index in [0.717, 1.165) is 12.2 Å². The van der Waals surface area contributed by atoms with Gasteiger partial charge >= 0.3 is 0 Å². The van der Waals surface area contributed by atoms with Gasteiger partial charge in [-0.05, 0) is 30.6 Å². The van der Waals surface area contributed by atoms with Crippen molar-refractivity contribution in [2.75, 3.05) is 30.9 Å². The van der Waals surface area contributed by atoms with Crippen LogP contribution in [0.5, 0.6) is 0 Å². The summed E-state index contributed by atoms with van der Waals surface area (Å²) < 4.78 is 0. The van der Waals surface area contributed by atoms with Crippen LogP contribution in [0.1, 0.15) is 16.8 Å². The fourth-order valence-corrected chi connectivity index (χ4v) is 1.99. The number of thioether (sulfide) groups is 1. The van der Waals surface area contributed by atoms with Crippen molar-refractivity contribution in [3.05, 3.63) is 33.9 Å². The molecule has 1 aromatic rings. The topological polar surface area (TPSA) is 84.3 Å². The number of carbonyl (C=O) groups excluding carboxylic acids is 1. The van der Waals surface area contributed by atoms with Gasteiger partial charge in [0.15, 0.2) is 0 Å². The number of hydrogen-bond acceptors (Lipinski definition) is 5. The maximum atomic E-state index is 11.5. The van der Waals surface area contributed by atoms with Gasteiger partial charge in [0.1, 0.15) is 5.69 Å². The van der Waals surface area contributed by atoms with Crippen molar-refractivity contribution in [3.8, 4) is 0 Å². The van der Waals surface area contributed by atoms with Gasteiger partial charge in [-0.15, -0.1) is 0 Å². The van der Waals surface area contributed by atoms with E-state index in [-0.39, 0.29) is 11.6 Å². The third-order valence-electron chi connectivity index (χ3n) is 2.52. The molecule has 0 saturated heterocycles. The Balaban J connectivity index is 2.89. The molecule has 1 rings (SSSR count). The van der Waals surface area contributed by atoms with E-state index in [2.05, 4.69) is 10.6 Å². The molecule has 19 heavy (non-hydrogen) atoms. The molecule has 2 N–H and O–H groups in total. The first-order valence-electron chi connectivity index (χ1n) is 5.83. The van der Waals surface area contributed by atoms with Crippen molar-refractivity contribution < 1.29 is 9.72 Å². The summed E-state index contributed by atoms with van der Waals surface area (Å²) in [4.78, 5) is 22.0. The molecule has 0 fully saturated rings. The van der Waals surface area contributed by atoms with Crippen LogP contribution in [0.25, 0.3) is 0 Å². The predicted octanol–water partition coefficient (Wildman–Crippen LogP) is 2.12. The molecule has 0 bridgehead atoms. The van der Waals surface area contributed by atoms with Crippen LogP contribution in [0.2, 0.25) is 0 Å². The normalized spacial score (nSPS) is 10.0. The van der Waals surface area contributed by atoms with Gasteiger partial charge in [0.25, 0.3) is 11.6 Å². The highest BCUT2D eigenvalue weighted by atomic mass is 32.2. The van der Waals surface area contributed by atoms with E-state index in [0.29, 0.717) is 17.8 Å². The zero-order valence-electron chi connectivity index (χ0n) is 10.9. The molecule has 1 amide bonds. The standard InChI is InChI=1S/C12H17N3O3S/c1-13-12(16)9-4-5-11(15(17)18)10(8-9)14-6-3-7-19-2/h4-5,8,14H,3,6-7H2,1-2H3,(H,13,16). The van der Waals surface area contributed by atoms with E-state index < -0.39 is 4.92 Å². The van der Waals surface area contributed by atoms with E-state index >= 15 is 0 Å². The van der Waals surface area contributed by atoms with Gasteiger partial charge in [-0.2, -0.15) is 11.8 Å². The van der Waals surface area contributed by atoms with Gasteiger partial charge < -0.3 is 10.6 Å². The summed E-state index contributed by atoms with van der Waals surface area (Å²) in [7, 11) is 1.52. The summed E-state index contributed by atoms with van der Waals surface area (Å²) in [6.45, 7) is 0.638. The molecule has 0 heterocycles. The maximum Gasteiger partial charge on any atom is 0.292 e. The number of hydrogen-bond donors (Lipinski definition) is 2. The Hall–Kier alpha value is -1.76. The summed E-state index contributed by atoms with van der Waals surface area (Å²) >= 11 is 1.72. The highest BCUT2D eigenvalue weighted by Gasteiger charge is 2.15. The Morgan fingerprint density at radius 1 is 1.47 bits per heavy atom. The Morgan fingerprint density at radius 2 is 2.21 bits per heavy atom. The third kappa shape index (κ3) is 4.44. The predicted molar refractivity (Wildman–Crippen MR) is 78.0 cm³/mol. The molecular formula is C12H17N3O3S. The molecule has 0 atom stereocenters. The molecule has 0 aliphatic heterocycles. The van der Waals surface area contributed by atoms with Gasteiger partial charge in [-0.1, -0.05) is 0 Å². The maximum absolute atomic E-state index is 11.5.